The first-order chi connectivity index (χ1) is 15.7. The van der Waals surface area contributed by atoms with Crippen LogP contribution in [0.4, 0.5) is 29.3 Å². The molecule has 170 valence electrons. The van der Waals surface area contributed by atoms with Crippen molar-refractivity contribution in [2.75, 3.05) is 10.2 Å². The van der Waals surface area contributed by atoms with E-state index in [4.69, 9.17) is 0 Å². The molecule has 4 rings (SSSR count). The highest BCUT2D eigenvalue weighted by molar-refractivity contribution is 6.07. The number of carbonyl (C=O) groups is 2. The molecule has 1 heterocycles. The first-order valence-corrected chi connectivity index (χ1v) is 10.5. The van der Waals surface area contributed by atoms with E-state index in [2.05, 4.69) is 10.6 Å². The summed E-state index contributed by atoms with van der Waals surface area (Å²) in [6.45, 7) is 2.07. The van der Waals surface area contributed by atoms with Crippen molar-refractivity contribution in [1.29, 1.82) is 0 Å². The Balaban J connectivity index is 1.47. The fraction of sp³-hybridized carbons (Fsp3) is 0.200. The molecule has 3 aromatic carbocycles. The van der Waals surface area contributed by atoms with Crippen molar-refractivity contribution in [3.8, 4) is 0 Å². The predicted octanol–water partition coefficient (Wildman–Crippen LogP) is 5.62. The van der Waals surface area contributed by atoms with E-state index in [-0.39, 0.29) is 24.2 Å². The largest absolute Gasteiger partial charge is 0.418 e. The van der Waals surface area contributed by atoms with Crippen LogP contribution >= 0.6 is 0 Å². The van der Waals surface area contributed by atoms with Crippen molar-refractivity contribution in [1.82, 2.24) is 5.32 Å². The Morgan fingerprint density at radius 1 is 1.00 bits per heavy atom. The summed E-state index contributed by atoms with van der Waals surface area (Å²) in [5.41, 5.74) is 1.89. The number of urea groups is 1. The van der Waals surface area contributed by atoms with Gasteiger partial charge in [0, 0.05) is 23.8 Å². The normalized spacial score (nSPS) is 15.2. The number of nitrogens with zero attached hydrogens (tertiary/aromatic N) is 1. The van der Waals surface area contributed by atoms with Gasteiger partial charge >= 0.3 is 12.2 Å². The quantitative estimate of drug-likeness (QED) is 0.539. The Morgan fingerprint density at radius 3 is 2.42 bits per heavy atom. The summed E-state index contributed by atoms with van der Waals surface area (Å²) in [6.07, 6.45) is -3.86. The molecule has 1 aliphatic heterocycles. The number of hydrogen-bond acceptors (Lipinski definition) is 2. The van der Waals surface area contributed by atoms with Gasteiger partial charge in [-0.15, -0.1) is 0 Å². The maximum Gasteiger partial charge on any atom is 0.418 e. The molecule has 0 fully saturated rings. The van der Waals surface area contributed by atoms with Gasteiger partial charge in [-0.25, -0.2) is 4.79 Å². The zero-order valence-corrected chi connectivity index (χ0v) is 17.8. The standard InChI is InChI=1S/C25H22F3N3O2/c1-16-13-19-12-11-17(14-22(19)31(16)23(32)18-7-3-2-4-8-18)15-29-24(33)30-21-10-6-5-9-20(21)25(26,27)28/h2-12,14,16H,13,15H2,1H3,(H2,29,30,33)/t16-/m0/s1. The molecule has 8 heteroatoms. The Bertz CT molecular complexity index is 1180. The van der Waals surface area contributed by atoms with Crippen LogP contribution in [0.3, 0.4) is 0 Å². The van der Waals surface area contributed by atoms with E-state index in [1.165, 1.54) is 18.2 Å². The van der Waals surface area contributed by atoms with Crippen LogP contribution in [0.2, 0.25) is 0 Å². The fourth-order valence-electron chi connectivity index (χ4n) is 3.98. The molecule has 0 aromatic heterocycles. The number of amides is 3. The Morgan fingerprint density at radius 2 is 1.70 bits per heavy atom. The molecule has 0 aliphatic carbocycles. The van der Waals surface area contributed by atoms with Crippen LogP contribution in [0.1, 0.15) is 34.0 Å². The maximum atomic E-state index is 13.1. The predicted molar refractivity (Wildman–Crippen MR) is 120 cm³/mol. The van der Waals surface area contributed by atoms with Crippen molar-refractivity contribution >= 4 is 23.3 Å². The number of para-hydroxylation sites is 1. The van der Waals surface area contributed by atoms with Gasteiger partial charge in [0.05, 0.1) is 11.3 Å². The van der Waals surface area contributed by atoms with Gasteiger partial charge in [0.1, 0.15) is 0 Å². The third-order valence-electron chi connectivity index (χ3n) is 5.54. The van der Waals surface area contributed by atoms with Gasteiger partial charge in [0.2, 0.25) is 0 Å². The first kappa shape index (κ1) is 22.4. The Labute approximate surface area is 189 Å². The molecule has 3 amide bonds. The third kappa shape index (κ3) is 4.84. The van der Waals surface area contributed by atoms with Crippen LogP contribution in [0.15, 0.2) is 72.8 Å². The van der Waals surface area contributed by atoms with Gasteiger partial charge in [0.15, 0.2) is 0 Å². The van der Waals surface area contributed by atoms with E-state index in [1.807, 2.05) is 43.3 Å². The number of fused-ring (bicyclic) bond motifs is 1. The van der Waals surface area contributed by atoms with Gasteiger partial charge < -0.3 is 15.5 Å². The lowest BCUT2D eigenvalue weighted by molar-refractivity contribution is -0.136. The highest BCUT2D eigenvalue weighted by Gasteiger charge is 2.34. The average Bonchev–Trinajstić information content (AvgIpc) is 3.12. The van der Waals surface area contributed by atoms with E-state index in [9.17, 15) is 22.8 Å². The molecule has 33 heavy (non-hydrogen) atoms. The van der Waals surface area contributed by atoms with Gasteiger partial charge in [-0.3, -0.25) is 4.79 Å². The summed E-state index contributed by atoms with van der Waals surface area (Å²) in [5, 5.41) is 4.84. The lowest BCUT2D eigenvalue weighted by atomic mass is 10.1. The summed E-state index contributed by atoms with van der Waals surface area (Å²) < 4.78 is 39.4. The van der Waals surface area contributed by atoms with Crippen LogP contribution < -0.4 is 15.5 Å². The second-order valence-electron chi connectivity index (χ2n) is 7.91. The smallest absolute Gasteiger partial charge is 0.334 e. The highest BCUT2D eigenvalue weighted by atomic mass is 19.4. The van der Waals surface area contributed by atoms with E-state index >= 15 is 0 Å². The highest BCUT2D eigenvalue weighted by Crippen LogP contribution is 2.35. The lowest BCUT2D eigenvalue weighted by Gasteiger charge is -2.23. The number of carbonyl (C=O) groups excluding carboxylic acids is 2. The van der Waals surface area contributed by atoms with Crippen LogP contribution in [0.25, 0.3) is 0 Å². The molecular formula is C25H22F3N3O2. The van der Waals surface area contributed by atoms with E-state index < -0.39 is 17.8 Å². The topological polar surface area (TPSA) is 61.4 Å². The van der Waals surface area contributed by atoms with Crippen molar-refractivity contribution in [2.45, 2.75) is 32.1 Å². The van der Waals surface area contributed by atoms with Crippen molar-refractivity contribution < 1.29 is 22.8 Å². The third-order valence-corrected chi connectivity index (χ3v) is 5.54. The molecule has 1 atom stereocenters. The Kier molecular flexibility index (Phi) is 6.09. The minimum absolute atomic E-state index is 0.0157. The monoisotopic (exact) mass is 453 g/mol. The number of halogens is 3. The molecule has 0 saturated carbocycles. The molecule has 0 spiro atoms. The number of nitrogens with one attached hydrogen (secondary N) is 2. The van der Waals surface area contributed by atoms with Crippen LogP contribution in [0.5, 0.6) is 0 Å². The lowest BCUT2D eigenvalue weighted by Crippen LogP contribution is -2.35. The van der Waals surface area contributed by atoms with E-state index in [0.717, 1.165) is 29.3 Å². The SMILES string of the molecule is C[C@H]1Cc2ccc(CNC(=O)Nc3ccccc3C(F)(F)F)cc2N1C(=O)c1ccccc1. The van der Waals surface area contributed by atoms with Gasteiger partial charge in [-0.2, -0.15) is 13.2 Å². The zero-order chi connectivity index (χ0) is 23.6. The molecule has 3 aromatic rings. The summed E-state index contributed by atoms with van der Waals surface area (Å²) in [4.78, 5) is 27.1. The first-order valence-electron chi connectivity index (χ1n) is 10.5. The van der Waals surface area contributed by atoms with E-state index in [0.29, 0.717) is 5.56 Å². The molecule has 0 radical (unpaired) electrons. The van der Waals surface area contributed by atoms with Crippen LogP contribution in [0, 0.1) is 0 Å². The van der Waals surface area contributed by atoms with Crippen LogP contribution in [-0.4, -0.2) is 18.0 Å². The number of alkyl halides is 3. The minimum Gasteiger partial charge on any atom is -0.334 e. The number of rotatable bonds is 4. The van der Waals surface area contributed by atoms with E-state index in [1.54, 1.807) is 17.0 Å². The second-order valence-corrected chi connectivity index (χ2v) is 7.91. The van der Waals surface area contributed by atoms with Gasteiger partial charge in [-0.05, 0) is 54.8 Å². The van der Waals surface area contributed by atoms with Crippen molar-refractivity contribution in [3.05, 3.63) is 95.1 Å². The molecule has 2 N–H and O–H groups in total. The maximum absolute atomic E-state index is 13.1. The average molecular weight is 453 g/mol. The summed E-state index contributed by atoms with van der Waals surface area (Å²) in [6, 6.07) is 18.6. The molecule has 5 nitrogen and oxygen atoms in total. The van der Waals surface area contributed by atoms with Gasteiger partial charge in [0.25, 0.3) is 5.91 Å². The Hall–Kier alpha value is -3.81. The van der Waals surface area contributed by atoms with Crippen molar-refractivity contribution in [3.63, 3.8) is 0 Å². The van der Waals surface area contributed by atoms with Gasteiger partial charge in [-0.1, -0.05) is 42.5 Å². The fourth-order valence-corrected chi connectivity index (χ4v) is 3.98. The summed E-state index contributed by atoms with van der Waals surface area (Å²) in [5.74, 6) is -0.103. The molecule has 0 unspecified atom stereocenters. The second kappa shape index (κ2) is 8.97. The summed E-state index contributed by atoms with van der Waals surface area (Å²) >= 11 is 0. The number of anilines is 2. The van der Waals surface area contributed by atoms with Crippen molar-refractivity contribution in [2.24, 2.45) is 0 Å². The minimum atomic E-state index is -4.57. The summed E-state index contributed by atoms with van der Waals surface area (Å²) in [7, 11) is 0. The number of hydrogen-bond donors (Lipinski definition) is 2. The van der Waals surface area contributed by atoms with Crippen LogP contribution in [-0.2, 0) is 19.1 Å². The molecule has 1 aliphatic rings. The number of benzene rings is 3. The molecular weight excluding hydrogens is 431 g/mol. The molecule has 0 saturated heterocycles. The zero-order valence-electron chi connectivity index (χ0n) is 17.8. The molecule has 0 bridgehead atoms.